The lowest BCUT2D eigenvalue weighted by molar-refractivity contribution is -0.142. The first-order valence-electron chi connectivity index (χ1n) is 10.4. The molecule has 7 nitrogen and oxygen atoms in total. The molecule has 0 atom stereocenters. The van der Waals surface area contributed by atoms with Gasteiger partial charge in [-0.2, -0.15) is 18.3 Å². The summed E-state index contributed by atoms with van der Waals surface area (Å²) in [5, 5.41) is 6.58. The Bertz CT molecular complexity index is 1090. The first-order chi connectivity index (χ1) is 15.3. The van der Waals surface area contributed by atoms with E-state index < -0.39 is 17.8 Å². The molecular formula is C22H24F3N5O2. The molecule has 1 fully saturated rings. The molecule has 0 spiro atoms. The van der Waals surface area contributed by atoms with E-state index in [-0.39, 0.29) is 16.9 Å². The molecule has 1 N–H and O–H groups in total. The van der Waals surface area contributed by atoms with Crippen LogP contribution in [0.4, 0.5) is 13.2 Å². The number of rotatable bonds is 6. The van der Waals surface area contributed by atoms with Crippen LogP contribution in [0.15, 0.2) is 36.5 Å². The topological polar surface area (TPSA) is 71.8 Å². The summed E-state index contributed by atoms with van der Waals surface area (Å²) in [6.45, 7) is 6.21. The number of nitrogens with one attached hydrogen (secondary N) is 1. The Labute approximate surface area is 183 Å². The van der Waals surface area contributed by atoms with Crippen molar-refractivity contribution in [2.45, 2.75) is 19.5 Å². The number of aryl methyl sites for hydroxylation is 1. The number of hydrogen-bond acceptors (Lipinski definition) is 5. The Morgan fingerprint density at radius 1 is 1.19 bits per heavy atom. The van der Waals surface area contributed by atoms with Crippen molar-refractivity contribution in [3.63, 3.8) is 0 Å². The number of nitrogens with zero attached hydrogens (tertiary/aromatic N) is 4. The van der Waals surface area contributed by atoms with Crippen LogP contribution in [0, 0.1) is 6.92 Å². The number of aromatic nitrogens is 3. The highest BCUT2D eigenvalue weighted by molar-refractivity contribution is 5.99. The fourth-order valence-corrected chi connectivity index (χ4v) is 3.62. The number of benzene rings is 1. The minimum absolute atomic E-state index is 0.0100. The van der Waals surface area contributed by atoms with Crippen LogP contribution in [0.3, 0.4) is 0 Å². The van der Waals surface area contributed by atoms with E-state index in [1.54, 1.807) is 24.3 Å². The maximum atomic E-state index is 13.7. The van der Waals surface area contributed by atoms with E-state index in [1.165, 1.54) is 0 Å². The Morgan fingerprint density at radius 2 is 1.91 bits per heavy atom. The number of carbonyl (C=O) groups excluding carboxylic acids is 1. The Balaban J connectivity index is 1.56. The van der Waals surface area contributed by atoms with E-state index in [9.17, 15) is 18.0 Å². The van der Waals surface area contributed by atoms with Crippen molar-refractivity contribution in [1.29, 1.82) is 0 Å². The van der Waals surface area contributed by atoms with Gasteiger partial charge in [-0.25, -0.2) is 9.50 Å². The Hall–Kier alpha value is -2.98. The van der Waals surface area contributed by atoms with Gasteiger partial charge in [-0.3, -0.25) is 9.69 Å². The summed E-state index contributed by atoms with van der Waals surface area (Å²) < 4.78 is 47.1. The number of amides is 1. The molecule has 3 heterocycles. The van der Waals surface area contributed by atoms with E-state index in [0.29, 0.717) is 29.8 Å². The largest absolute Gasteiger partial charge is 0.433 e. The average molecular weight is 447 g/mol. The summed E-state index contributed by atoms with van der Waals surface area (Å²) in [5.41, 5.74) is 0.544. The molecule has 2 aromatic heterocycles. The van der Waals surface area contributed by atoms with Gasteiger partial charge in [-0.15, -0.1) is 0 Å². The second-order valence-electron chi connectivity index (χ2n) is 7.75. The second kappa shape index (κ2) is 9.25. The zero-order valence-electron chi connectivity index (χ0n) is 17.7. The van der Waals surface area contributed by atoms with Crippen molar-refractivity contribution in [2.24, 2.45) is 0 Å². The SMILES string of the molecule is Cc1ccc(-c2cc(C(F)(F)F)n3ncc(C(=O)NCCCN4CCOCC4)c3n2)cc1. The van der Waals surface area contributed by atoms with Gasteiger partial charge in [0.05, 0.1) is 25.1 Å². The van der Waals surface area contributed by atoms with Crippen LogP contribution in [-0.4, -0.2) is 64.8 Å². The molecule has 1 saturated heterocycles. The third-order valence-corrected chi connectivity index (χ3v) is 5.39. The fraction of sp³-hybridized carbons (Fsp3) is 0.409. The number of carbonyl (C=O) groups is 1. The van der Waals surface area contributed by atoms with Crippen molar-refractivity contribution in [1.82, 2.24) is 24.8 Å². The zero-order chi connectivity index (χ0) is 22.7. The fourth-order valence-electron chi connectivity index (χ4n) is 3.62. The predicted octanol–water partition coefficient (Wildman–Crippen LogP) is 3.18. The standard InChI is InChI=1S/C22H24F3N5O2/c1-15-3-5-16(6-4-15)18-13-19(22(23,24)25)30-20(28-18)17(14-27-30)21(31)26-7-2-8-29-9-11-32-12-10-29/h3-6,13-14H,2,7-12H2,1H3,(H,26,31). The maximum Gasteiger partial charge on any atom is 0.433 e. The second-order valence-corrected chi connectivity index (χ2v) is 7.75. The van der Waals surface area contributed by atoms with Crippen LogP contribution in [-0.2, 0) is 10.9 Å². The Kier molecular flexibility index (Phi) is 6.43. The van der Waals surface area contributed by atoms with Crippen LogP contribution in [0.2, 0.25) is 0 Å². The number of ether oxygens (including phenoxy) is 1. The molecule has 0 bridgehead atoms. The summed E-state index contributed by atoms with van der Waals surface area (Å²) in [6, 6.07) is 7.96. The first-order valence-corrected chi connectivity index (χ1v) is 10.4. The molecule has 0 saturated carbocycles. The average Bonchev–Trinajstić information content (AvgIpc) is 3.20. The van der Waals surface area contributed by atoms with E-state index >= 15 is 0 Å². The van der Waals surface area contributed by atoms with Gasteiger partial charge in [-0.05, 0) is 26.0 Å². The van der Waals surface area contributed by atoms with Gasteiger partial charge in [0.25, 0.3) is 5.91 Å². The number of fused-ring (bicyclic) bond motifs is 1. The van der Waals surface area contributed by atoms with Gasteiger partial charge in [0.15, 0.2) is 11.3 Å². The molecular weight excluding hydrogens is 423 g/mol. The van der Waals surface area contributed by atoms with Crippen molar-refractivity contribution in [2.75, 3.05) is 39.4 Å². The molecule has 1 aliphatic rings. The highest BCUT2D eigenvalue weighted by Gasteiger charge is 2.36. The predicted molar refractivity (Wildman–Crippen MR) is 112 cm³/mol. The van der Waals surface area contributed by atoms with E-state index in [4.69, 9.17) is 4.74 Å². The van der Waals surface area contributed by atoms with Gasteiger partial charge < -0.3 is 10.1 Å². The van der Waals surface area contributed by atoms with Gasteiger partial charge >= 0.3 is 6.18 Å². The normalized spacial score (nSPS) is 15.2. The van der Waals surface area contributed by atoms with Crippen molar-refractivity contribution in [3.8, 4) is 11.3 Å². The Morgan fingerprint density at radius 3 is 2.59 bits per heavy atom. The number of alkyl halides is 3. The molecule has 10 heteroatoms. The monoisotopic (exact) mass is 447 g/mol. The molecule has 1 aliphatic heterocycles. The minimum atomic E-state index is -4.65. The molecule has 0 aliphatic carbocycles. The van der Waals surface area contributed by atoms with Crippen molar-refractivity contribution < 1.29 is 22.7 Å². The van der Waals surface area contributed by atoms with Crippen molar-refractivity contribution in [3.05, 3.63) is 53.3 Å². The first kappa shape index (κ1) is 22.2. The summed E-state index contributed by atoms with van der Waals surface area (Å²) >= 11 is 0. The summed E-state index contributed by atoms with van der Waals surface area (Å²) in [4.78, 5) is 19.3. The minimum Gasteiger partial charge on any atom is -0.379 e. The lowest BCUT2D eigenvalue weighted by Crippen LogP contribution is -2.38. The molecule has 3 aromatic rings. The molecule has 0 unspecified atom stereocenters. The maximum absolute atomic E-state index is 13.7. The number of morpholine rings is 1. The van der Waals surface area contributed by atoms with Crippen LogP contribution in [0.5, 0.6) is 0 Å². The van der Waals surface area contributed by atoms with Crippen LogP contribution >= 0.6 is 0 Å². The quantitative estimate of drug-likeness (QED) is 0.588. The van der Waals surface area contributed by atoms with Crippen molar-refractivity contribution >= 4 is 11.6 Å². The number of hydrogen-bond donors (Lipinski definition) is 1. The smallest absolute Gasteiger partial charge is 0.379 e. The van der Waals surface area contributed by atoms with Gasteiger partial charge in [0.1, 0.15) is 5.56 Å². The van der Waals surface area contributed by atoms with Crippen LogP contribution in [0.1, 0.15) is 28.0 Å². The molecule has 1 aromatic carbocycles. The van der Waals surface area contributed by atoms with Crippen LogP contribution in [0.25, 0.3) is 16.9 Å². The molecule has 0 radical (unpaired) electrons. The van der Waals surface area contributed by atoms with Gasteiger partial charge in [-0.1, -0.05) is 29.8 Å². The highest BCUT2D eigenvalue weighted by atomic mass is 19.4. The summed E-state index contributed by atoms with van der Waals surface area (Å²) in [6.07, 6.45) is -2.80. The van der Waals surface area contributed by atoms with E-state index in [2.05, 4.69) is 20.3 Å². The highest BCUT2D eigenvalue weighted by Crippen LogP contribution is 2.32. The zero-order valence-corrected chi connectivity index (χ0v) is 17.7. The molecule has 170 valence electrons. The van der Waals surface area contributed by atoms with Gasteiger partial charge in [0.2, 0.25) is 0 Å². The molecule has 1 amide bonds. The molecule has 32 heavy (non-hydrogen) atoms. The third-order valence-electron chi connectivity index (χ3n) is 5.39. The van der Waals surface area contributed by atoms with E-state index in [0.717, 1.165) is 43.9 Å². The summed E-state index contributed by atoms with van der Waals surface area (Å²) in [5.74, 6) is -0.497. The summed E-state index contributed by atoms with van der Waals surface area (Å²) in [7, 11) is 0. The van der Waals surface area contributed by atoms with Gasteiger partial charge in [0, 0.05) is 25.2 Å². The lowest BCUT2D eigenvalue weighted by atomic mass is 10.1. The molecule has 4 rings (SSSR count). The van der Waals surface area contributed by atoms with Crippen LogP contribution < -0.4 is 5.32 Å². The third kappa shape index (κ3) is 4.91. The van der Waals surface area contributed by atoms with E-state index in [1.807, 2.05) is 6.92 Å². The number of halogens is 3. The lowest BCUT2D eigenvalue weighted by Gasteiger charge is -2.26.